The summed E-state index contributed by atoms with van der Waals surface area (Å²) in [5, 5.41) is 9.22. The molecular weight excluding hydrogens is 246 g/mol. The van der Waals surface area contributed by atoms with Crippen LogP contribution >= 0.6 is 0 Å². The summed E-state index contributed by atoms with van der Waals surface area (Å²) in [5.41, 5.74) is -1.65. The third-order valence-electron chi connectivity index (χ3n) is 3.54. The Kier molecular flexibility index (Phi) is 3.03. The van der Waals surface area contributed by atoms with Crippen molar-refractivity contribution in [3.05, 3.63) is 0 Å². The first-order chi connectivity index (χ1) is 7.59. The van der Waals surface area contributed by atoms with Crippen LogP contribution in [0.2, 0.25) is 0 Å². The highest BCUT2D eigenvalue weighted by atomic mass is 32.2. The van der Waals surface area contributed by atoms with Crippen LogP contribution in [0.4, 0.5) is 0 Å². The molecule has 0 bridgehead atoms. The van der Waals surface area contributed by atoms with E-state index in [1.807, 2.05) is 0 Å². The zero-order valence-electron chi connectivity index (χ0n) is 10.3. The summed E-state index contributed by atoms with van der Waals surface area (Å²) in [6, 6.07) is 0. The molecule has 1 amide bonds. The topological polar surface area (TPSA) is 91.8 Å². The molecule has 98 valence electrons. The van der Waals surface area contributed by atoms with Gasteiger partial charge in [-0.3, -0.25) is 4.79 Å². The Labute approximate surface area is 101 Å². The Hall–Kier alpha value is -1.11. The van der Waals surface area contributed by atoms with Gasteiger partial charge in [-0.15, -0.1) is 0 Å². The lowest BCUT2D eigenvalue weighted by atomic mass is 9.91. The molecule has 0 aromatic carbocycles. The molecule has 6 nitrogen and oxygen atoms in total. The summed E-state index contributed by atoms with van der Waals surface area (Å²) in [6.07, 6.45) is 0.111. The molecule has 0 aromatic heterocycles. The van der Waals surface area contributed by atoms with Gasteiger partial charge in [0.25, 0.3) is 15.9 Å². The standard InChI is InChI=1S/C10H17NO5S/c1-5-10(6-2,8(13)14)11-7(12)9(3,4)17(11,15)16/h5-6H2,1-4H3,(H,13,14). The number of rotatable bonds is 4. The summed E-state index contributed by atoms with van der Waals surface area (Å²) in [7, 11) is -3.87. The van der Waals surface area contributed by atoms with Gasteiger partial charge in [-0.1, -0.05) is 13.8 Å². The minimum absolute atomic E-state index is 0.0554. The van der Waals surface area contributed by atoms with Crippen molar-refractivity contribution in [3.8, 4) is 0 Å². The molecule has 1 aliphatic heterocycles. The molecule has 0 aromatic rings. The zero-order chi connectivity index (χ0) is 13.6. The quantitative estimate of drug-likeness (QED) is 0.801. The van der Waals surface area contributed by atoms with Crippen molar-refractivity contribution in [2.45, 2.75) is 50.8 Å². The van der Waals surface area contributed by atoms with Crippen LogP contribution in [0, 0.1) is 0 Å². The van der Waals surface area contributed by atoms with Crippen LogP contribution in [0.15, 0.2) is 0 Å². The van der Waals surface area contributed by atoms with E-state index in [0.29, 0.717) is 4.31 Å². The van der Waals surface area contributed by atoms with Crippen LogP contribution in [-0.2, 0) is 19.6 Å². The van der Waals surface area contributed by atoms with Crippen molar-refractivity contribution in [1.29, 1.82) is 0 Å². The average Bonchev–Trinajstić information content (AvgIpc) is 2.24. The van der Waals surface area contributed by atoms with Crippen LogP contribution in [-0.4, -0.2) is 40.0 Å². The zero-order valence-corrected chi connectivity index (χ0v) is 11.2. The fraction of sp³-hybridized carbons (Fsp3) is 0.800. The first-order valence-corrected chi connectivity index (χ1v) is 6.86. The lowest BCUT2D eigenvalue weighted by Gasteiger charge is -2.51. The maximum Gasteiger partial charge on any atom is 0.330 e. The molecule has 17 heavy (non-hydrogen) atoms. The molecule has 1 N–H and O–H groups in total. The van der Waals surface area contributed by atoms with Crippen LogP contribution in [0.3, 0.4) is 0 Å². The minimum Gasteiger partial charge on any atom is -0.479 e. The van der Waals surface area contributed by atoms with Crippen molar-refractivity contribution in [3.63, 3.8) is 0 Å². The van der Waals surface area contributed by atoms with Gasteiger partial charge in [0.1, 0.15) is 0 Å². The fourth-order valence-corrected chi connectivity index (χ4v) is 3.88. The van der Waals surface area contributed by atoms with Gasteiger partial charge in [-0.2, -0.15) is 0 Å². The number of aliphatic carboxylic acids is 1. The van der Waals surface area contributed by atoms with Crippen molar-refractivity contribution in [2.24, 2.45) is 0 Å². The molecule has 1 rings (SSSR count). The number of sulfonamides is 1. The molecule has 1 fully saturated rings. The van der Waals surface area contributed by atoms with Gasteiger partial charge in [0.05, 0.1) is 0 Å². The molecule has 1 heterocycles. The number of hydrogen-bond acceptors (Lipinski definition) is 4. The Morgan fingerprint density at radius 2 is 1.76 bits per heavy atom. The van der Waals surface area contributed by atoms with Crippen LogP contribution < -0.4 is 0 Å². The fourth-order valence-electron chi connectivity index (χ4n) is 2.00. The summed E-state index contributed by atoms with van der Waals surface area (Å²) in [5.74, 6) is -1.93. The van der Waals surface area contributed by atoms with Crippen molar-refractivity contribution >= 4 is 21.9 Å². The normalized spacial score (nSPS) is 22.1. The summed E-state index contributed by atoms with van der Waals surface area (Å²) in [4.78, 5) is 23.2. The monoisotopic (exact) mass is 263 g/mol. The van der Waals surface area contributed by atoms with E-state index in [9.17, 15) is 23.1 Å². The Morgan fingerprint density at radius 1 is 1.35 bits per heavy atom. The average molecular weight is 263 g/mol. The highest BCUT2D eigenvalue weighted by molar-refractivity contribution is 7.94. The van der Waals surface area contributed by atoms with E-state index < -0.39 is 32.2 Å². The van der Waals surface area contributed by atoms with Gasteiger partial charge in [0.15, 0.2) is 10.3 Å². The highest BCUT2D eigenvalue weighted by Gasteiger charge is 2.67. The SMILES string of the molecule is CCC(CC)(C(=O)O)N1C(=O)C(C)(C)S1(=O)=O. The third kappa shape index (κ3) is 1.41. The van der Waals surface area contributed by atoms with Crippen LogP contribution in [0.5, 0.6) is 0 Å². The lowest BCUT2D eigenvalue weighted by molar-refractivity contribution is -0.157. The van der Waals surface area contributed by atoms with E-state index in [4.69, 9.17) is 0 Å². The molecule has 0 unspecified atom stereocenters. The number of carboxylic acid groups (broad SMARTS) is 1. The predicted octanol–water partition coefficient (Wildman–Crippen LogP) is 0.580. The van der Waals surface area contributed by atoms with Gasteiger partial charge in [0, 0.05) is 0 Å². The summed E-state index contributed by atoms with van der Waals surface area (Å²) in [6.45, 7) is 5.70. The van der Waals surface area contributed by atoms with Gasteiger partial charge in [-0.25, -0.2) is 17.5 Å². The minimum atomic E-state index is -3.87. The van der Waals surface area contributed by atoms with Gasteiger partial charge >= 0.3 is 5.97 Å². The number of hydrogen-bond donors (Lipinski definition) is 1. The molecule has 0 atom stereocenters. The van der Waals surface area contributed by atoms with E-state index in [2.05, 4.69) is 0 Å². The van der Waals surface area contributed by atoms with Gasteiger partial charge < -0.3 is 5.11 Å². The molecule has 1 saturated heterocycles. The number of carbonyl (C=O) groups excluding carboxylic acids is 1. The first kappa shape index (κ1) is 14.0. The third-order valence-corrected chi connectivity index (χ3v) is 6.00. The maximum absolute atomic E-state index is 12.0. The number of carbonyl (C=O) groups is 2. The summed E-state index contributed by atoms with van der Waals surface area (Å²) < 4.78 is 23.0. The van der Waals surface area contributed by atoms with E-state index in [-0.39, 0.29) is 12.8 Å². The largest absolute Gasteiger partial charge is 0.479 e. The molecule has 7 heteroatoms. The van der Waals surface area contributed by atoms with Gasteiger partial charge in [0.2, 0.25) is 0 Å². The van der Waals surface area contributed by atoms with Crippen molar-refractivity contribution in [1.82, 2.24) is 4.31 Å². The first-order valence-electron chi connectivity index (χ1n) is 5.42. The number of amides is 1. The molecule has 0 radical (unpaired) electrons. The van der Waals surface area contributed by atoms with E-state index >= 15 is 0 Å². The van der Waals surface area contributed by atoms with Crippen LogP contribution in [0.25, 0.3) is 0 Å². The van der Waals surface area contributed by atoms with E-state index in [1.165, 1.54) is 13.8 Å². The van der Waals surface area contributed by atoms with Crippen molar-refractivity contribution < 1.29 is 23.1 Å². The molecule has 0 spiro atoms. The number of carboxylic acids is 1. The maximum atomic E-state index is 12.0. The molecule has 1 aliphatic rings. The van der Waals surface area contributed by atoms with Gasteiger partial charge in [-0.05, 0) is 26.7 Å². The lowest BCUT2D eigenvalue weighted by Crippen LogP contribution is -2.75. The highest BCUT2D eigenvalue weighted by Crippen LogP contribution is 2.43. The van der Waals surface area contributed by atoms with Crippen molar-refractivity contribution in [2.75, 3.05) is 0 Å². The Morgan fingerprint density at radius 3 is 2.00 bits per heavy atom. The summed E-state index contributed by atoms with van der Waals surface area (Å²) >= 11 is 0. The smallest absolute Gasteiger partial charge is 0.330 e. The second-order valence-corrected chi connectivity index (χ2v) is 6.96. The van der Waals surface area contributed by atoms with E-state index in [1.54, 1.807) is 13.8 Å². The molecule has 0 saturated carbocycles. The number of nitrogens with zero attached hydrogens (tertiary/aromatic N) is 1. The second-order valence-electron chi connectivity index (χ2n) is 4.63. The predicted molar refractivity (Wildman–Crippen MR) is 60.8 cm³/mol. The second kappa shape index (κ2) is 3.69. The van der Waals surface area contributed by atoms with Crippen LogP contribution in [0.1, 0.15) is 40.5 Å². The molecular formula is C10H17NO5S. The Balaban J connectivity index is 3.36. The molecule has 0 aliphatic carbocycles. The Bertz CT molecular complexity index is 461. The van der Waals surface area contributed by atoms with E-state index in [0.717, 1.165) is 0 Å².